The average Bonchev–Trinajstić information content (AvgIpc) is 2.15. The summed E-state index contributed by atoms with van der Waals surface area (Å²) in [6, 6.07) is 0.823. The largest absolute Gasteiger partial charge is 0.481 e. The third-order valence-corrected chi connectivity index (χ3v) is 3.97. The Labute approximate surface area is 105 Å². The zero-order valence-electron chi connectivity index (χ0n) is 11.6. The Morgan fingerprint density at radius 1 is 1.29 bits per heavy atom. The van der Waals surface area contributed by atoms with Crippen LogP contribution in [0.4, 0.5) is 0 Å². The van der Waals surface area contributed by atoms with E-state index in [-0.39, 0.29) is 12.0 Å². The summed E-state index contributed by atoms with van der Waals surface area (Å²) in [6.45, 7) is 9.86. The van der Waals surface area contributed by atoms with Gasteiger partial charge < -0.3 is 5.11 Å². The van der Waals surface area contributed by atoms with Crippen molar-refractivity contribution in [1.82, 2.24) is 4.90 Å². The number of aliphatic carboxylic acids is 1. The van der Waals surface area contributed by atoms with Crippen LogP contribution in [0.15, 0.2) is 0 Å². The molecule has 0 aromatic heterocycles. The van der Waals surface area contributed by atoms with Gasteiger partial charge in [-0.15, -0.1) is 0 Å². The highest BCUT2D eigenvalue weighted by atomic mass is 16.4. The first kappa shape index (κ1) is 14.5. The van der Waals surface area contributed by atoms with Gasteiger partial charge in [0.15, 0.2) is 0 Å². The van der Waals surface area contributed by atoms with Crippen LogP contribution >= 0.6 is 0 Å². The molecule has 1 rings (SSSR count). The number of carboxylic acids is 1. The van der Waals surface area contributed by atoms with Gasteiger partial charge in [0.1, 0.15) is 0 Å². The molecule has 100 valence electrons. The minimum absolute atomic E-state index is 0.130. The second-order valence-electron chi connectivity index (χ2n) is 5.65. The molecule has 1 fully saturated rings. The number of nitrogens with zero attached hydrogens (tertiary/aromatic N) is 1. The third kappa shape index (κ3) is 3.44. The molecule has 3 nitrogen and oxygen atoms in total. The van der Waals surface area contributed by atoms with Crippen molar-refractivity contribution in [2.75, 3.05) is 6.54 Å². The molecule has 2 unspecified atom stereocenters. The molecule has 1 saturated carbocycles. The monoisotopic (exact) mass is 241 g/mol. The Kier molecular flexibility index (Phi) is 5.44. The molecule has 0 saturated heterocycles. The van der Waals surface area contributed by atoms with Crippen LogP contribution in [-0.4, -0.2) is 34.6 Å². The van der Waals surface area contributed by atoms with Crippen LogP contribution in [0, 0.1) is 11.8 Å². The minimum atomic E-state index is -0.610. The van der Waals surface area contributed by atoms with Crippen LogP contribution in [0.25, 0.3) is 0 Å². The lowest BCUT2D eigenvalue weighted by atomic mass is 9.77. The fraction of sp³-hybridized carbons (Fsp3) is 0.929. The van der Waals surface area contributed by atoms with Crippen LogP contribution < -0.4 is 0 Å². The Morgan fingerprint density at radius 2 is 1.88 bits per heavy atom. The molecule has 0 heterocycles. The van der Waals surface area contributed by atoms with E-state index in [1.807, 2.05) is 0 Å². The van der Waals surface area contributed by atoms with Gasteiger partial charge in [0, 0.05) is 18.6 Å². The fourth-order valence-electron chi connectivity index (χ4n) is 2.90. The Morgan fingerprint density at radius 3 is 2.18 bits per heavy atom. The normalized spacial score (nSPS) is 24.4. The van der Waals surface area contributed by atoms with Crippen LogP contribution in [0.1, 0.15) is 53.4 Å². The zero-order chi connectivity index (χ0) is 13.0. The fourth-order valence-corrected chi connectivity index (χ4v) is 2.90. The van der Waals surface area contributed by atoms with Crippen molar-refractivity contribution in [1.29, 1.82) is 0 Å². The summed E-state index contributed by atoms with van der Waals surface area (Å²) < 4.78 is 0. The van der Waals surface area contributed by atoms with Gasteiger partial charge >= 0.3 is 5.97 Å². The Bertz CT molecular complexity index is 249. The Hall–Kier alpha value is -0.570. The van der Waals surface area contributed by atoms with Crippen molar-refractivity contribution in [3.05, 3.63) is 0 Å². The molecule has 2 atom stereocenters. The summed E-state index contributed by atoms with van der Waals surface area (Å²) in [5, 5.41) is 9.19. The first-order chi connectivity index (χ1) is 8.01. The van der Waals surface area contributed by atoms with Crippen LogP contribution in [0.5, 0.6) is 0 Å². The van der Waals surface area contributed by atoms with Crippen LogP contribution in [0.3, 0.4) is 0 Å². The van der Waals surface area contributed by atoms with E-state index in [2.05, 4.69) is 32.6 Å². The zero-order valence-corrected chi connectivity index (χ0v) is 11.6. The highest BCUT2D eigenvalue weighted by molar-refractivity contribution is 5.72. The lowest BCUT2D eigenvalue weighted by Gasteiger charge is -2.46. The number of hydrogen-bond donors (Lipinski definition) is 1. The standard InChI is InChI=1S/C14H27NO2/c1-5-11(6-2)15(9-10(3)4)13-8-7-12(13)14(16)17/h10-13H,5-9H2,1-4H3,(H,16,17). The molecule has 0 aromatic carbocycles. The molecule has 0 spiro atoms. The molecular weight excluding hydrogens is 214 g/mol. The molecule has 17 heavy (non-hydrogen) atoms. The minimum Gasteiger partial charge on any atom is -0.481 e. The molecule has 1 N–H and O–H groups in total. The summed E-state index contributed by atoms with van der Waals surface area (Å²) in [4.78, 5) is 13.6. The highest BCUT2D eigenvalue weighted by Crippen LogP contribution is 2.35. The van der Waals surface area contributed by atoms with Gasteiger partial charge in [0.2, 0.25) is 0 Å². The van der Waals surface area contributed by atoms with E-state index in [1.165, 1.54) is 0 Å². The van der Waals surface area contributed by atoms with E-state index in [0.29, 0.717) is 12.0 Å². The summed E-state index contributed by atoms with van der Waals surface area (Å²) in [6.07, 6.45) is 4.15. The number of hydrogen-bond acceptors (Lipinski definition) is 2. The first-order valence-electron chi connectivity index (χ1n) is 6.99. The van der Waals surface area contributed by atoms with Crippen LogP contribution in [-0.2, 0) is 4.79 Å². The molecule has 1 aliphatic rings. The number of rotatable bonds is 7. The first-order valence-corrected chi connectivity index (χ1v) is 6.99. The predicted octanol–water partition coefficient (Wildman–Crippen LogP) is 3.00. The van der Waals surface area contributed by atoms with Gasteiger partial charge in [-0.2, -0.15) is 0 Å². The average molecular weight is 241 g/mol. The molecule has 0 radical (unpaired) electrons. The quantitative estimate of drug-likeness (QED) is 0.745. The van der Waals surface area contributed by atoms with Crippen LogP contribution in [0.2, 0.25) is 0 Å². The SMILES string of the molecule is CCC(CC)N(CC(C)C)C1CCC1C(=O)O. The van der Waals surface area contributed by atoms with E-state index >= 15 is 0 Å². The van der Waals surface area contributed by atoms with Crippen molar-refractivity contribution < 1.29 is 9.90 Å². The maximum absolute atomic E-state index is 11.2. The van der Waals surface area contributed by atoms with E-state index in [4.69, 9.17) is 0 Å². The molecule has 0 aliphatic heterocycles. The topological polar surface area (TPSA) is 40.5 Å². The van der Waals surface area contributed by atoms with E-state index in [0.717, 1.165) is 32.2 Å². The van der Waals surface area contributed by atoms with E-state index in [1.54, 1.807) is 0 Å². The maximum atomic E-state index is 11.2. The summed E-state index contributed by atoms with van der Waals surface area (Å²) in [5.41, 5.74) is 0. The molecule has 1 aliphatic carbocycles. The van der Waals surface area contributed by atoms with Crippen molar-refractivity contribution in [3.63, 3.8) is 0 Å². The number of carboxylic acid groups (broad SMARTS) is 1. The van der Waals surface area contributed by atoms with Crippen molar-refractivity contribution in [2.24, 2.45) is 11.8 Å². The predicted molar refractivity (Wildman–Crippen MR) is 70.1 cm³/mol. The van der Waals surface area contributed by atoms with Gasteiger partial charge in [-0.25, -0.2) is 0 Å². The van der Waals surface area contributed by atoms with Gasteiger partial charge in [-0.05, 0) is 31.6 Å². The molecule has 3 heteroatoms. The van der Waals surface area contributed by atoms with E-state index in [9.17, 15) is 9.90 Å². The molecular formula is C14H27NO2. The second-order valence-corrected chi connectivity index (χ2v) is 5.65. The Balaban J connectivity index is 2.71. The molecule has 0 bridgehead atoms. The van der Waals surface area contributed by atoms with Crippen molar-refractivity contribution in [2.45, 2.75) is 65.5 Å². The lowest BCUT2D eigenvalue weighted by molar-refractivity contribution is -0.150. The maximum Gasteiger partial charge on any atom is 0.308 e. The second kappa shape index (κ2) is 6.39. The third-order valence-electron chi connectivity index (χ3n) is 3.97. The van der Waals surface area contributed by atoms with Crippen molar-refractivity contribution >= 4 is 5.97 Å². The smallest absolute Gasteiger partial charge is 0.308 e. The number of carbonyl (C=O) groups is 1. The summed E-state index contributed by atoms with van der Waals surface area (Å²) in [7, 11) is 0. The van der Waals surface area contributed by atoms with Crippen molar-refractivity contribution in [3.8, 4) is 0 Å². The van der Waals surface area contributed by atoms with Gasteiger partial charge in [0.05, 0.1) is 5.92 Å². The van der Waals surface area contributed by atoms with Gasteiger partial charge in [-0.1, -0.05) is 27.7 Å². The molecule has 0 aromatic rings. The van der Waals surface area contributed by atoms with E-state index < -0.39 is 5.97 Å². The lowest BCUT2D eigenvalue weighted by Crippen LogP contribution is -2.54. The van der Waals surface area contributed by atoms with Gasteiger partial charge in [0.25, 0.3) is 0 Å². The summed E-state index contributed by atoms with van der Waals surface area (Å²) >= 11 is 0. The van der Waals surface area contributed by atoms with Gasteiger partial charge in [-0.3, -0.25) is 9.69 Å². The molecule has 0 amide bonds. The highest BCUT2D eigenvalue weighted by Gasteiger charge is 2.41. The summed E-state index contributed by atoms with van der Waals surface area (Å²) in [5.74, 6) is -0.138.